The summed E-state index contributed by atoms with van der Waals surface area (Å²) >= 11 is 0. The second kappa shape index (κ2) is 6.75. The molecule has 0 radical (unpaired) electrons. The number of amides is 2. The zero-order valence-electron chi connectivity index (χ0n) is 13.3. The number of hydrogen-bond acceptors (Lipinski definition) is 6. The quantitative estimate of drug-likeness (QED) is 0.457. The van der Waals surface area contributed by atoms with E-state index in [0.717, 1.165) is 0 Å². The van der Waals surface area contributed by atoms with Gasteiger partial charge in [-0.3, -0.25) is 10.0 Å². The van der Waals surface area contributed by atoms with Gasteiger partial charge in [0, 0.05) is 0 Å². The van der Waals surface area contributed by atoms with Crippen molar-refractivity contribution in [2.75, 3.05) is 0 Å². The van der Waals surface area contributed by atoms with E-state index in [9.17, 15) is 19.6 Å². The fourth-order valence-corrected chi connectivity index (χ4v) is 1.27. The van der Waals surface area contributed by atoms with Crippen molar-refractivity contribution in [2.24, 2.45) is 5.73 Å². The molecule has 21 heavy (non-hydrogen) atoms. The number of nitrogens with two attached hydrogens (primary N) is 1. The van der Waals surface area contributed by atoms with Crippen LogP contribution in [0.3, 0.4) is 0 Å². The van der Waals surface area contributed by atoms with E-state index in [4.69, 9.17) is 15.2 Å². The summed E-state index contributed by atoms with van der Waals surface area (Å²) in [4.78, 5) is 34.7. The van der Waals surface area contributed by atoms with Crippen LogP contribution in [0.5, 0.6) is 0 Å². The van der Waals surface area contributed by atoms with Gasteiger partial charge in [0.15, 0.2) is 6.04 Å². The lowest BCUT2D eigenvalue weighted by atomic mass is 10.1. The first-order valence-corrected chi connectivity index (χ1v) is 6.45. The normalized spacial score (nSPS) is 13.3. The van der Waals surface area contributed by atoms with E-state index >= 15 is 0 Å². The van der Waals surface area contributed by atoms with Crippen LogP contribution in [0.4, 0.5) is 4.79 Å². The van der Waals surface area contributed by atoms with Gasteiger partial charge in [-0.2, -0.15) is 5.06 Å². The summed E-state index contributed by atoms with van der Waals surface area (Å²) in [6.07, 6.45) is -1.75. The Hall–Kier alpha value is -1.83. The number of primary amides is 1. The van der Waals surface area contributed by atoms with Crippen LogP contribution in [-0.4, -0.2) is 45.5 Å². The van der Waals surface area contributed by atoms with Crippen LogP contribution >= 0.6 is 0 Å². The predicted molar refractivity (Wildman–Crippen MR) is 73.3 cm³/mol. The van der Waals surface area contributed by atoms with Gasteiger partial charge in [0.1, 0.15) is 11.2 Å². The van der Waals surface area contributed by atoms with Crippen LogP contribution in [-0.2, 0) is 19.1 Å². The molecule has 0 bridgehead atoms. The summed E-state index contributed by atoms with van der Waals surface area (Å²) in [6, 6.07) is -1.56. The van der Waals surface area contributed by atoms with Crippen LogP contribution in [0.15, 0.2) is 0 Å². The third-order valence-corrected chi connectivity index (χ3v) is 1.95. The van der Waals surface area contributed by atoms with Crippen molar-refractivity contribution >= 4 is 18.0 Å². The minimum atomic E-state index is -1.56. The highest BCUT2D eigenvalue weighted by atomic mass is 16.6. The van der Waals surface area contributed by atoms with E-state index in [2.05, 4.69) is 0 Å². The third-order valence-electron chi connectivity index (χ3n) is 1.95. The molecule has 1 atom stereocenters. The van der Waals surface area contributed by atoms with Gasteiger partial charge in [0.25, 0.3) is 0 Å². The maximum Gasteiger partial charge on any atom is 0.435 e. The molecule has 0 spiro atoms. The summed E-state index contributed by atoms with van der Waals surface area (Å²) in [6.45, 7) is 9.62. The molecule has 0 saturated carbocycles. The second-order valence-electron chi connectivity index (χ2n) is 6.54. The molecule has 0 aromatic heterocycles. The zero-order chi connectivity index (χ0) is 17.0. The highest BCUT2D eigenvalue weighted by Gasteiger charge is 2.36. The Labute approximate surface area is 124 Å². The lowest BCUT2D eigenvalue weighted by Crippen LogP contribution is -2.49. The third kappa shape index (κ3) is 8.13. The Morgan fingerprint density at radius 1 is 1.05 bits per heavy atom. The maximum absolute atomic E-state index is 12.0. The monoisotopic (exact) mass is 304 g/mol. The van der Waals surface area contributed by atoms with Crippen molar-refractivity contribution in [1.82, 2.24) is 5.06 Å². The lowest BCUT2D eigenvalue weighted by Gasteiger charge is -2.29. The summed E-state index contributed by atoms with van der Waals surface area (Å²) in [5.41, 5.74) is 3.31. The summed E-state index contributed by atoms with van der Waals surface area (Å²) in [5, 5.41) is 9.84. The van der Waals surface area contributed by atoms with E-state index in [1.807, 2.05) is 0 Å². The summed E-state index contributed by atoms with van der Waals surface area (Å²) in [7, 11) is 0. The molecule has 0 saturated heterocycles. The van der Waals surface area contributed by atoms with Crippen LogP contribution in [0.25, 0.3) is 0 Å². The highest BCUT2D eigenvalue weighted by molar-refractivity contribution is 5.87. The van der Waals surface area contributed by atoms with Crippen molar-refractivity contribution in [2.45, 2.75) is 65.2 Å². The van der Waals surface area contributed by atoms with Crippen molar-refractivity contribution in [1.29, 1.82) is 0 Å². The van der Waals surface area contributed by atoms with Crippen molar-refractivity contribution in [3.05, 3.63) is 0 Å². The molecule has 0 fully saturated rings. The smallest absolute Gasteiger partial charge is 0.435 e. The van der Waals surface area contributed by atoms with Crippen LogP contribution in [0.2, 0.25) is 0 Å². The van der Waals surface area contributed by atoms with E-state index < -0.39 is 41.6 Å². The summed E-state index contributed by atoms with van der Waals surface area (Å²) in [5.74, 6) is -1.82. The molecule has 0 aromatic rings. The van der Waals surface area contributed by atoms with Crippen molar-refractivity contribution in [3.8, 4) is 0 Å². The van der Waals surface area contributed by atoms with Crippen LogP contribution in [0.1, 0.15) is 48.0 Å². The Kier molecular flexibility index (Phi) is 6.16. The molecule has 0 aliphatic rings. The average Bonchev–Trinajstić information content (AvgIpc) is 2.19. The Balaban J connectivity index is 5.09. The fraction of sp³-hybridized carbons (Fsp3) is 0.769. The predicted octanol–water partition coefficient (Wildman–Crippen LogP) is 1.20. The standard InChI is InChI=1S/C13H24N2O6/c1-12(2,3)20-10(17)8(7-9(14)16)15(19)11(18)21-13(4,5)6/h8,19H,7H2,1-6H3,(H2,14,16)/t8-/m0/s1. The second-order valence-corrected chi connectivity index (χ2v) is 6.54. The number of rotatable bonds is 4. The molecular formula is C13H24N2O6. The zero-order valence-corrected chi connectivity index (χ0v) is 13.3. The minimum absolute atomic E-state index is 0.0318. The maximum atomic E-state index is 12.0. The Morgan fingerprint density at radius 3 is 1.81 bits per heavy atom. The number of carbonyl (C=O) groups is 3. The van der Waals surface area contributed by atoms with Gasteiger partial charge in [-0.15, -0.1) is 0 Å². The van der Waals surface area contributed by atoms with E-state index in [-0.39, 0.29) is 5.06 Å². The molecule has 2 amide bonds. The molecule has 0 unspecified atom stereocenters. The first-order valence-electron chi connectivity index (χ1n) is 6.45. The highest BCUT2D eigenvalue weighted by Crippen LogP contribution is 2.16. The molecule has 0 heterocycles. The number of hydroxylamine groups is 2. The van der Waals surface area contributed by atoms with Gasteiger partial charge in [0.2, 0.25) is 5.91 Å². The molecule has 8 heteroatoms. The largest absolute Gasteiger partial charge is 0.458 e. The number of carbonyl (C=O) groups excluding carboxylic acids is 3. The van der Waals surface area contributed by atoms with Crippen LogP contribution < -0.4 is 5.73 Å². The lowest BCUT2D eigenvalue weighted by molar-refractivity contribution is -0.181. The van der Waals surface area contributed by atoms with Crippen LogP contribution in [0, 0.1) is 0 Å². The molecular weight excluding hydrogens is 280 g/mol. The molecule has 3 N–H and O–H groups in total. The van der Waals surface area contributed by atoms with E-state index in [1.165, 1.54) is 0 Å². The molecule has 8 nitrogen and oxygen atoms in total. The first-order chi connectivity index (χ1) is 9.23. The Morgan fingerprint density at radius 2 is 1.48 bits per heavy atom. The molecule has 0 aliphatic heterocycles. The fourth-order valence-electron chi connectivity index (χ4n) is 1.27. The molecule has 0 aromatic carbocycles. The van der Waals surface area contributed by atoms with Crippen molar-refractivity contribution in [3.63, 3.8) is 0 Å². The van der Waals surface area contributed by atoms with Gasteiger partial charge in [-0.05, 0) is 41.5 Å². The van der Waals surface area contributed by atoms with E-state index in [1.54, 1.807) is 41.5 Å². The number of nitrogens with zero attached hydrogens (tertiary/aromatic N) is 1. The molecule has 122 valence electrons. The van der Waals surface area contributed by atoms with Gasteiger partial charge in [0.05, 0.1) is 6.42 Å². The van der Waals surface area contributed by atoms with Gasteiger partial charge in [-0.1, -0.05) is 0 Å². The molecule has 0 aliphatic carbocycles. The van der Waals surface area contributed by atoms with Gasteiger partial charge in [-0.25, -0.2) is 9.59 Å². The SMILES string of the molecule is CC(C)(C)OC(=O)[C@H](CC(N)=O)N(O)C(=O)OC(C)(C)C. The average molecular weight is 304 g/mol. The Bertz CT molecular complexity index is 408. The minimum Gasteiger partial charge on any atom is -0.458 e. The van der Waals surface area contributed by atoms with Gasteiger partial charge >= 0.3 is 12.1 Å². The summed E-state index contributed by atoms with van der Waals surface area (Å²) < 4.78 is 9.97. The van der Waals surface area contributed by atoms with E-state index in [0.29, 0.717) is 0 Å². The van der Waals surface area contributed by atoms with Crippen molar-refractivity contribution < 1.29 is 29.1 Å². The number of esters is 1. The molecule has 0 rings (SSSR count). The number of hydrogen-bond donors (Lipinski definition) is 2. The first kappa shape index (κ1) is 19.2. The number of ether oxygens (including phenoxy) is 2. The van der Waals surface area contributed by atoms with Gasteiger partial charge < -0.3 is 15.2 Å². The topological polar surface area (TPSA) is 119 Å².